The Balaban J connectivity index is 1.26. The lowest BCUT2D eigenvalue weighted by atomic mass is 9.69. The third kappa shape index (κ3) is 3.79. The maximum absolute atomic E-state index is 7.03. The fourth-order valence-corrected chi connectivity index (χ4v) is 10.5. The first-order valence-electron chi connectivity index (χ1n) is 19.5. The lowest BCUT2D eigenvalue weighted by Gasteiger charge is -2.31. The fourth-order valence-electron chi connectivity index (χ4n) is 10.5. The fraction of sp³-hybridized carbons (Fsp3) is 0.0182. The molecule has 11 aromatic rings. The molecule has 0 atom stereocenters. The summed E-state index contributed by atoms with van der Waals surface area (Å²) in [5, 5.41) is 9.79. The summed E-state index contributed by atoms with van der Waals surface area (Å²) < 4.78 is 7.03. The summed E-state index contributed by atoms with van der Waals surface area (Å²) in [6, 6.07) is 72.1. The number of para-hydroxylation sites is 1. The number of benzene rings is 10. The van der Waals surface area contributed by atoms with E-state index < -0.39 is 5.41 Å². The van der Waals surface area contributed by atoms with Crippen LogP contribution in [-0.2, 0) is 5.41 Å². The highest BCUT2D eigenvalue weighted by atomic mass is 16.3. The molecular formula is C55H32O. The van der Waals surface area contributed by atoms with E-state index in [2.05, 4.69) is 194 Å². The van der Waals surface area contributed by atoms with Crippen LogP contribution in [0.15, 0.2) is 199 Å². The Morgan fingerprint density at radius 3 is 1.50 bits per heavy atom. The van der Waals surface area contributed by atoms with Gasteiger partial charge in [0.15, 0.2) is 0 Å². The molecule has 1 heteroatoms. The zero-order chi connectivity index (χ0) is 36.5. The molecule has 0 fully saturated rings. The summed E-state index contributed by atoms with van der Waals surface area (Å²) in [6.45, 7) is 0. The van der Waals surface area contributed by atoms with Gasteiger partial charge in [0.1, 0.15) is 11.2 Å². The van der Waals surface area contributed by atoms with Crippen LogP contribution in [0.2, 0.25) is 0 Å². The van der Waals surface area contributed by atoms with E-state index in [4.69, 9.17) is 4.42 Å². The average molecular weight is 709 g/mol. The van der Waals surface area contributed by atoms with Crippen molar-refractivity contribution < 1.29 is 4.42 Å². The summed E-state index contributed by atoms with van der Waals surface area (Å²) >= 11 is 0. The molecular weight excluding hydrogens is 677 g/mol. The highest BCUT2D eigenvalue weighted by Crippen LogP contribution is 2.66. The van der Waals surface area contributed by atoms with Gasteiger partial charge in [0.05, 0.1) is 5.41 Å². The van der Waals surface area contributed by atoms with Crippen LogP contribution in [-0.4, -0.2) is 0 Å². The Morgan fingerprint density at radius 1 is 0.321 bits per heavy atom. The Morgan fingerprint density at radius 2 is 0.821 bits per heavy atom. The van der Waals surface area contributed by atoms with E-state index in [1.807, 2.05) is 0 Å². The predicted octanol–water partition coefficient (Wildman–Crippen LogP) is 14.7. The first kappa shape index (κ1) is 30.1. The molecule has 2 aliphatic carbocycles. The minimum atomic E-state index is -0.564. The van der Waals surface area contributed by atoms with Crippen molar-refractivity contribution in [2.75, 3.05) is 0 Å². The van der Waals surface area contributed by atoms with Gasteiger partial charge in [-0.3, -0.25) is 0 Å². The van der Waals surface area contributed by atoms with Crippen LogP contribution in [0.1, 0.15) is 22.3 Å². The maximum Gasteiger partial charge on any atom is 0.143 e. The van der Waals surface area contributed by atoms with Crippen molar-refractivity contribution in [1.82, 2.24) is 0 Å². The molecule has 0 bridgehead atoms. The molecule has 1 heterocycles. The summed E-state index contributed by atoms with van der Waals surface area (Å²) in [5.74, 6) is 0. The van der Waals surface area contributed by atoms with Gasteiger partial charge in [0.2, 0.25) is 0 Å². The molecule has 10 aromatic carbocycles. The van der Waals surface area contributed by atoms with Gasteiger partial charge in [-0.15, -0.1) is 0 Å². The van der Waals surface area contributed by atoms with Gasteiger partial charge in [-0.25, -0.2) is 0 Å². The zero-order valence-electron chi connectivity index (χ0n) is 30.4. The molecule has 1 spiro atoms. The van der Waals surface area contributed by atoms with Gasteiger partial charge in [-0.1, -0.05) is 164 Å². The molecule has 2 aliphatic rings. The SMILES string of the molecule is c1ccc2c(c1)-c1ccccc1C21c2cc(-c3ccc4ccccc4c3)c3ccccc3c2-c2c1cc(-c1ccc3ccccc3c1)c1oc3ccccc3c21. The lowest BCUT2D eigenvalue weighted by molar-refractivity contribution is 0.669. The van der Waals surface area contributed by atoms with Crippen molar-refractivity contribution in [3.8, 4) is 44.5 Å². The summed E-state index contributed by atoms with van der Waals surface area (Å²) in [5.41, 5.74) is 16.5. The molecule has 1 aromatic heterocycles. The normalized spacial score (nSPS) is 13.5. The smallest absolute Gasteiger partial charge is 0.143 e. The van der Waals surface area contributed by atoms with E-state index in [0.29, 0.717) is 0 Å². The van der Waals surface area contributed by atoms with Gasteiger partial charge in [-0.2, -0.15) is 0 Å². The number of hydrogen-bond donors (Lipinski definition) is 0. The minimum Gasteiger partial charge on any atom is -0.455 e. The third-order valence-electron chi connectivity index (χ3n) is 12.8. The van der Waals surface area contributed by atoms with Crippen LogP contribution in [0.3, 0.4) is 0 Å². The van der Waals surface area contributed by atoms with Crippen molar-refractivity contribution in [2.24, 2.45) is 0 Å². The first-order valence-corrected chi connectivity index (χ1v) is 19.5. The second-order valence-electron chi connectivity index (χ2n) is 15.5. The molecule has 0 radical (unpaired) electrons. The Bertz CT molecular complexity index is 3440. The molecule has 0 saturated heterocycles. The van der Waals surface area contributed by atoms with E-state index in [1.54, 1.807) is 0 Å². The second-order valence-corrected chi connectivity index (χ2v) is 15.5. The van der Waals surface area contributed by atoms with Gasteiger partial charge < -0.3 is 4.42 Å². The summed E-state index contributed by atoms with van der Waals surface area (Å²) in [4.78, 5) is 0. The van der Waals surface area contributed by atoms with Crippen molar-refractivity contribution in [3.05, 3.63) is 216 Å². The van der Waals surface area contributed by atoms with Crippen molar-refractivity contribution in [1.29, 1.82) is 0 Å². The van der Waals surface area contributed by atoms with Crippen LogP contribution < -0.4 is 0 Å². The van der Waals surface area contributed by atoms with E-state index in [9.17, 15) is 0 Å². The Kier molecular flexibility index (Phi) is 5.89. The second kappa shape index (κ2) is 10.9. The van der Waals surface area contributed by atoms with Crippen molar-refractivity contribution in [3.63, 3.8) is 0 Å². The van der Waals surface area contributed by atoms with Crippen LogP contribution in [0.5, 0.6) is 0 Å². The van der Waals surface area contributed by atoms with E-state index in [0.717, 1.165) is 27.7 Å². The van der Waals surface area contributed by atoms with Crippen LogP contribution in [0.25, 0.3) is 98.8 Å². The molecule has 0 amide bonds. The average Bonchev–Trinajstić information content (AvgIpc) is 3.90. The predicted molar refractivity (Wildman–Crippen MR) is 233 cm³/mol. The zero-order valence-corrected chi connectivity index (χ0v) is 30.4. The highest BCUT2D eigenvalue weighted by molar-refractivity contribution is 6.24. The first-order chi connectivity index (χ1) is 27.8. The van der Waals surface area contributed by atoms with Crippen LogP contribution in [0, 0.1) is 0 Å². The standard InChI is InChI=1S/C55H32O/c1-3-15-35-29-37(27-25-33(35)13-1)44-31-48-51(42-20-6-5-17-39(42)44)53-49(55(48)46-22-10-7-18-40(46)41-19-8-11-23-47(41)55)32-45(38-28-26-34-14-2-4-16-36(34)30-38)54-52(53)43-21-9-12-24-50(43)56-54/h1-32H. The topological polar surface area (TPSA) is 13.1 Å². The maximum atomic E-state index is 7.03. The van der Waals surface area contributed by atoms with E-state index in [-0.39, 0.29) is 0 Å². The van der Waals surface area contributed by atoms with Gasteiger partial charge >= 0.3 is 0 Å². The summed E-state index contributed by atoms with van der Waals surface area (Å²) in [7, 11) is 0. The molecule has 0 aliphatic heterocycles. The van der Waals surface area contributed by atoms with Crippen molar-refractivity contribution in [2.45, 2.75) is 5.41 Å². The molecule has 13 rings (SSSR count). The number of rotatable bonds is 2. The number of hydrogen-bond acceptors (Lipinski definition) is 1. The van der Waals surface area contributed by atoms with Crippen LogP contribution >= 0.6 is 0 Å². The Hall–Kier alpha value is -7.22. The van der Waals surface area contributed by atoms with Crippen molar-refractivity contribution >= 4 is 54.3 Å². The lowest BCUT2D eigenvalue weighted by Crippen LogP contribution is -2.26. The number of furan rings is 1. The molecule has 0 N–H and O–H groups in total. The molecule has 258 valence electrons. The van der Waals surface area contributed by atoms with E-state index >= 15 is 0 Å². The highest BCUT2D eigenvalue weighted by Gasteiger charge is 2.53. The largest absolute Gasteiger partial charge is 0.455 e. The summed E-state index contributed by atoms with van der Waals surface area (Å²) in [6.07, 6.45) is 0. The van der Waals surface area contributed by atoms with Gasteiger partial charge in [0, 0.05) is 16.3 Å². The minimum absolute atomic E-state index is 0.564. The Labute approximate surface area is 323 Å². The quantitative estimate of drug-likeness (QED) is 0.174. The van der Waals surface area contributed by atoms with Crippen LogP contribution in [0.4, 0.5) is 0 Å². The van der Waals surface area contributed by atoms with Gasteiger partial charge in [-0.05, 0) is 124 Å². The monoisotopic (exact) mass is 708 g/mol. The number of fused-ring (bicyclic) bond motifs is 18. The molecule has 56 heavy (non-hydrogen) atoms. The molecule has 1 nitrogen and oxygen atoms in total. The van der Waals surface area contributed by atoms with E-state index in [1.165, 1.54) is 93.3 Å². The third-order valence-corrected chi connectivity index (χ3v) is 12.8. The molecule has 0 unspecified atom stereocenters. The van der Waals surface area contributed by atoms with Gasteiger partial charge in [0.25, 0.3) is 0 Å². The molecule has 0 saturated carbocycles.